The molecule has 0 radical (unpaired) electrons. The number of anilines is 1. The number of rotatable bonds is 3. The van der Waals surface area contributed by atoms with E-state index in [-0.39, 0.29) is 12.0 Å². The second-order valence-electron chi connectivity index (χ2n) is 3.55. The summed E-state index contributed by atoms with van der Waals surface area (Å²) in [5, 5.41) is 1.13. The monoisotopic (exact) mass is 259 g/mol. The Balaban J connectivity index is 2.08. The highest BCUT2D eigenvalue weighted by Crippen LogP contribution is 2.33. The van der Waals surface area contributed by atoms with Crippen LogP contribution in [0.4, 0.5) is 5.69 Å². The SMILES string of the molecule is CCOC(=O)C1CN1c1cc(Cl)cc(Cl)c1. The maximum Gasteiger partial charge on any atom is 0.330 e. The van der Waals surface area contributed by atoms with Crippen molar-refractivity contribution in [2.24, 2.45) is 0 Å². The molecule has 5 heteroatoms. The van der Waals surface area contributed by atoms with Crippen LogP contribution in [-0.2, 0) is 9.53 Å². The highest BCUT2D eigenvalue weighted by Gasteiger charge is 2.42. The standard InChI is InChI=1S/C11H11Cl2NO2/c1-2-16-11(15)10-6-14(10)9-4-7(12)3-8(13)5-9/h3-5,10H,2,6H2,1H3. The molecule has 1 fully saturated rings. The summed E-state index contributed by atoms with van der Waals surface area (Å²) >= 11 is 11.8. The fraction of sp³-hybridized carbons (Fsp3) is 0.364. The molecule has 1 aromatic rings. The summed E-state index contributed by atoms with van der Waals surface area (Å²) in [4.78, 5) is 13.3. The van der Waals surface area contributed by atoms with E-state index in [2.05, 4.69) is 0 Å². The zero-order chi connectivity index (χ0) is 11.7. The van der Waals surface area contributed by atoms with Crippen LogP contribution in [0.5, 0.6) is 0 Å². The van der Waals surface area contributed by atoms with Crippen molar-refractivity contribution in [1.29, 1.82) is 0 Å². The molecule has 1 aromatic carbocycles. The Morgan fingerprint density at radius 1 is 1.44 bits per heavy atom. The van der Waals surface area contributed by atoms with Crippen LogP contribution in [0.25, 0.3) is 0 Å². The van der Waals surface area contributed by atoms with Crippen LogP contribution in [0.2, 0.25) is 10.0 Å². The van der Waals surface area contributed by atoms with Crippen LogP contribution in [0.15, 0.2) is 18.2 Å². The Bertz CT molecular complexity index is 402. The lowest BCUT2D eigenvalue weighted by molar-refractivity contribution is -0.142. The van der Waals surface area contributed by atoms with Gasteiger partial charge in [0, 0.05) is 15.7 Å². The predicted molar refractivity (Wildman–Crippen MR) is 64.2 cm³/mol. The Kier molecular flexibility index (Phi) is 3.26. The van der Waals surface area contributed by atoms with Crippen molar-refractivity contribution in [2.75, 3.05) is 18.1 Å². The van der Waals surface area contributed by atoms with Gasteiger partial charge in [0.1, 0.15) is 6.04 Å². The van der Waals surface area contributed by atoms with Gasteiger partial charge in [-0.05, 0) is 25.1 Å². The van der Waals surface area contributed by atoms with Crippen molar-refractivity contribution < 1.29 is 9.53 Å². The number of nitrogens with zero attached hydrogens (tertiary/aromatic N) is 1. The summed E-state index contributed by atoms with van der Waals surface area (Å²) in [6.07, 6.45) is 0. The quantitative estimate of drug-likeness (QED) is 0.618. The van der Waals surface area contributed by atoms with Crippen LogP contribution in [0, 0.1) is 0 Å². The first-order chi connectivity index (χ1) is 7.61. The molecule has 0 saturated carbocycles. The molecule has 0 aromatic heterocycles. The Morgan fingerprint density at radius 3 is 2.62 bits per heavy atom. The fourth-order valence-electron chi connectivity index (χ4n) is 1.57. The average molecular weight is 260 g/mol. The zero-order valence-electron chi connectivity index (χ0n) is 8.74. The molecule has 1 unspecified atom stereocenters. The molecule has 1 aliphatic rings. The molecule has 0 bridgehead atoms. The van der Waals surface area contributed by atoms with E-state index < -0.39 is 0 Å². The second-order valence-corrected chi connectivity index (χ2v) is 4.42. The molecule has 86 valence electrons. The fourth-order valence-corrected chi connectivity index (χ4v) is 2.08. The van der Waals surface area contributed by atoms with Crippen LogP contribution in [-0.4, -0.2) is 25.2 Å². The summed E-state index contributed by atoms with van der Waals surface area (Å²) in [7, 11) is 0. The highest BCUT2D eigenvalue weighted by molar-refractivity contribution is 6.35. The minimum Gasteiger partial charge on any atom is -0.464 e. The van der Waals surface area contributed by atoms with Crippen molar-refractivity contribution in [3.63, 3.8) is 0 Å². The van der Waals surface area contributed by atoms with Crippen molar-refractivity contribution in [3.05, 3.63) is 28.2 Å². The molecule has 1 saturated heterocycles. The lowest BCUT2D eigenvalue weighted by atomic mass is 10.3. The average Bonchev–Trinajstić information content (AvgIpc) is 2.95. The summed E-state index contributed by atoms with van der Waals surface area (Å²) in [5.41, 5.74) is 0.857. The van der Waals surface area contributed by atoms with Gasteiger partial charge in [0.15, 0.2) is 0 Å². The minimum absolute atomic E-state index is 0.186. The van der Waals surface area contributed by atoms with E-state index in [0.29, 0.717) is 23.2 Å². The van der Waals surface area contributed by atoms with Gasteiger partial charge in [-0.1, -0.05) is 23.2 Å². The number of benzene rings is 1. The lowest BCUT2D eigenvalue weighted by Crippen LogP contribution is -2.15. The number of hydrogen-bond donors (Lipinski definition) is 0. The first-order valence-electron chi connectivity index (χ1n) is 5.01. The van der Waals surface area contributed by atoms with E-state index in [9.17, 15) is 4.79 Å². The van der Waals surface area contributed by atoms with Gasteiger partial charge in [0.25, 0.3) is 0 Å². The summed E-state index contributed by atoms with van der Waals surface area (Å²) in [5.74, 6) is -0.196. The molecule has 1 atom stereocenters. The van der Waals surface area contributed by atoms with Crippen molar-refractivity contribution in [2.45, 2.75) is 13.0 Å². The normalized spacial score (nSPS) is 18.4. The molecule has 0 N–H and O–H groups in total. The van der Waals surface area contributed by atoms with E-state index in [0.717, 1.165) is 5.69 Å². The zero-order valence-corrected chi connectivity index (χ0v) is 10.3. The third kappa shape index (κ3) is 2.42. The first-order valence-corrected chi connectivity index (χ1v) is 5.76. The Hall–Kier alpha value is -0.930. The van der Waals surface area contributed by atoms with Crippen LogP contribution in [0.1, 0.15) is 6.92 Å². The summed E-state index contributed by atoms with van der Waals surface area (Å²) < 4.78 is 4.93. The molecular formula is C11H11Cl2NO2. The maximum absolute atomic E-state index is 11.4. The maximum atomic E-state index is 11.4. The predicted octanol–water partition coefficient (Wildman–Crippen LogP) is 2.75. The van der Waals surface area contributed by atoms with Gasteiger partial charge in [0.05, 0.1) is 13.2 Å². The van der Waals surface area contributed by atoms with E-state index in [1.165, 1.54) is 0 Å². The molecule has 16 heavy (non-hydrogen) atoms. The van der Waals surface area contributed by atoms with Gasteiger partial charge >= 0.3 is 5.97 Å². The van der Waals surface area contributed by atoms with Crippen LogP contribution in [0.3, 0.4) is 0 Å². The van der Waals surface area contributed by atoms with Crippen molar-refractivity contribution in [3.8, 4) is 0 Å². The van der Waals surface area contributed by atoms with Gasteiger partial charge in [-0.3, -0.25) is 0 Å². The number of carbonyl (C=O) groups excluding carboxylic acids is 1. The largest absolute Gasteiger partial charge is 0.464 e. The number of hydrogen-bond acceptors (Lipinski definition) is 3. The summed E-state index contributed by atoms with van der Waals surface area (Å²) in [6.45, 7) is 2.86. The van der Waals surface area contributed by atoms with Gasteiger partial charge < -0.3 is 9.64 Å². The molecule has 0 aliphatic carbocycles. The van der Waals surface area contributed by atoms with E-state index in [1.54, 1.807) is 25.1 Å². The van der Waals surface area contributed by atoms with Gasteiger partial charge in [-0.15, -0.1) is 0 Å². The Labute approximate surface area is 104 Å². The van der Waals surface area contributed by atoms with Gasteiger partial charge in [-0.25, -0.2) is 4.79 Å². The molecule has 1 aliphatic heterocycles. The van der Waals surface area contributed by atoms with Crippen molar-refractivity contribution >= 4 is 34.9 Å². The molecule has 1 heterocycles. The van der Waals surface area contributed by atoms with Gasteiger partial charge in [0.2, 0.25) is 0 Å². The van der Waals surface area contributed by atoms with Crippen LogP contribution < -0.4 is 4.90 Å². The van der Waals surface area contributed by atoms with E-state index >= 15 is 0 Å². The van der Waals surface area contributed by atoms with E-state index in [1.807, 2.05) is 4.90 Å². The Morgan fingerprint density at radius 2 is 2.06 bits per heavy atom. The van der Waals surface area contributed by atoms with Gasteiger partial charge in [-0.2, -0.15) is 0 Å². The lowest BCUT2D eigenvalue weighted by Gasteiger charge is -2.06. The first kappa shape index (κ1) is 11.6. The third-order valence-electron chi connectivity index (χ3n) is 2.35. The molecule has 3 nitrogen and oxygen atoms in total. The third-order valence-corrected chi connectivity index (χ3v) is 2.79. The topological polar surface area (TPSA) is 29.3 Å². The molecule has 0 amide bonds. The number of ether oxygens (including phenoxy) is 1. The number of halogens is 2. The minimum atomic E-state index is -0.196. The summed E-state index contributed by atoms with van der Waals surface area (Å²) in [6, 6.07) is 5.05. The van der Waals surface area contributed by atoms with Crippen molar-refractivity contribution in [1.82, 2.24) is 0 Å². The van der Waals surface area contributed by atoms with E-state index in [4.69, 9.17) is 27.9 Å². The number of carbonyl (C=O) groups is 1. The molecular weight excluding hydrogens is 249 g/mol. The smallest absolute Gasteiger partial charge is 0.330 e. The van der Waals surface area contributed by atoms with Crippen LogP contribution >= 0.6 is 23.2 Å². The highest BCUT2D eigenvalue weighted by atomic mass is 35.5. The second kappa shape index (κ2) is 4.52. The number of esters is 1. The molecule has 0 spiro atoms. The molecule has 2 rings (SSSR count).